The van der Waals surface area contributed by atoms with Crippen molar-refractivity contribution in [1.29, 1.82) is 0 Å². The third kappa shape index (κ3) is 6.30. The molecule has 1 aromatic rings. The zero-order valence-electron chi connectivity index (χ0n) is 15.8. The zero-order valence-corrected chi connectivity index (χ0v) is 16.6. The number of piperidine rings is 1. The lowest BCUT2D eigenvalue weighted by molar-refractivity contribution is -0.121. The van der Waals surface area contributed by atoms with E-state index in [9.17, 15) is 9.59 Å². The van der Waals surface area contributed by atoms with Crippen molar-refractivity contribution in [1.82, 2.24) is 10.6 Å². The predicted octanol–water partition coefficient (Wildman–Crippen LogP) is 2.26. The van der Waals surface area contributed by atoms with Gasteiger partial charge >= 0.3 is 0 Å². The number of anilines is 1. The van der Waals surface area contributed by atoms with Crippen molar-refractivity contribution in [2.45, 2.75) is 36.8 Å². The van der Waals surface area contributed by atoms with Crippen LogP contribution < -0.4 is 16.0 Å². The first-order chi connectivity index (χ1) is 12.4. The molecule has 1 saturated heterocycles. The Kier molecular flexibility index (Phi) is 7.93. The number of methoxy groups -OCH3 is 1. The van der Waals surface area contributed by atoms with Crippen LogP contribution in [0, 0.1) is 5.41 Å². The summed E-state index contributed by atoms with van der Waals surface area (Å²) < 4.78 is 5.40. The normalized spacial score (nSPS) is 17.3. The second-order valence-corrected chi connectivity index (χ2v) is 8.28. The molecule has 1 aliphatic heterocycles. The molecule has 1 fully saturated rings. The van der Waals surface area contributed by atoms with Gasteiger partial charge in [-0.1, -0.05) is 0 Å². The van der Waals surface area contributed by atoms with E-state index in [1.54, 1.807) is 7.11 Å². The highest BCUT2D eigenvalue weighted by Crippen LogP contribution is 2.29. The Balaban J connectivity index is 1.85. The van der Waals surface area contributed by atoms with Crippen LogP contribution in [0.2, 0.25) is 0 Å². The van der Waals surface area contributed by atoms with E-state index < -0.39 is 0 Å². The molecule has 2 amide bonds. The zero-order chi connectivity index (χ0) is 19.0. The van der Waals surface area contributed by atoms with Crippen molar-refractivity contribution in [2.75, 3.05) is 38.7 Å². The highest BCUT2D eigenvalue weighted by molar-refractivity contribution is 8.00. The standard InChI is InChI=1S/C19H29N3O3S/c1-14(26-17-6-4-16(5-7-17)22-15(2)23)18(24)21-12-19(13-25-3)8-10-20-11-9-19/h4-7,14,20H,8-13H2,1-3H3,(H,21,24)(H,22,23). The van der Waals surface area contributed by atoms with Crippen molar-refractivity contribution in [3.8, 4) is 0 Å². The summed E-state index contributed by atoms with van der Waals surface area (Å²) in [5.41, 5.74) is 0.784. The largest absolute Gasteiger partial charge is 0.384 e. The van der Waals surface area contributed by atoms with E-state index in [1.165, 1.54) is 18.7 Å². The van der Waals surface area contributed by atoms with E-state index in [4.69, 9.17) is 4.74 Å². The number of carbonyl (C=O) groups is 2. The average molecular weight is 380 g/mol. The molecule has 144 valence electrons. The van der Waals surface area contributed by atoms with Gasteiger partial charge in [-0.15, -0.1) is 11.8 Å². The number of thioether (sulfide) groups is 1. The third-order valence-corrected chi connectivity index (χ3v) is 5.72. The Morgan fingerprint density at radius 3 is 2.50 bits per heavy atom. The minimum atomic E-state index is -0.192. The molecule has 0 bridgehead atoms. The van der Waals surface area contributed by atoms with Crippen molar-refractivity contribution < 1.29 is 14.3 Å². The molecule has 1 atom stereocenters. The fraction of sp³-hybridized carbons (Fsp3) is 0.579. The van der Waals surface area contributed by atoms with Crippen LogP contribution in [0.25, 0.3) is 0 Å². The summed E-state index contributed by atoms with van der Waals surface area (Å²) in [5, 5.41) is 9.01. The summed E-state index contributed by atoms with van der Waals surface area (Å²) >= 11 is 1.51. The van der Waals surface area contributed by atoms with Gasteiger partial charge in [-0.05, 0) is 57.1 Å². The molecule has 26 heavy (non-hydrogen) atoms. The number of rotatable bonds is 8. The molecule has 0 spiro atoms. The summed E-state index contributed by atoms with van der Waals surface area (Å²) in [4.78, 5) is 24.6. The van der Waals surface area contributed by atoms with Crippen molar-refractivity contribution in [3.63, 3.8) is 0 Å². The highest BCUT2D eigenvalue weighted by Gasteiger charge is 2.33. The van der Waals surface area contributed by atoms with Crippen LogP contribution in [-0.2, 0) is 14.3 Å². The van der Waals surface area contributed by atoms with Crippen LogP contribution in [0.3, 0.4) is 0 Å². The number of ether oxygens (including phenoxy) is 1. The summed E-state index contributed by atoms with van der Waals surface area (Å²) in [6, 6.07) is 7.52. The van der Waals surface area contributed by atoms with E-state index in [1.807, 2.05) is 31.2 Å². The van der Waals surface area contributed by atoms with Gasteiger partial charge in [0.05, 0.1) is 11.9 Å². The number of carbonyl (C=O) groups excluding carboxylic acids is 2. The number of hydrogen-bond donors (Lipinski definition) is 3. The molecule has 0 aromatic heterocycles. The molecule has 1 aliphatic rings. The van der Waals surface area contributed by atoms with E-state index in [2.05, 4.69) is 16.0 Å². The average Bonchev–Trinajstić information content (AvgIpc) is 2.62. The molecule has 7 heteroatoms. The molecular weight excluding hydrogens is 350 g/mol. The molecule has 1 heterocycles. The lowest BCUT2D eigenvalue weighted by Crippen LogP contribution is -2.48. The lowest BCUT2D eigenvalue weighted by Gasteiger charge is -2.37. The van der Waals surface area contributed by atoms with Crippen molar-refractivity contribution in [2.24, 2.45) is 5.41 Å². The van der Waals surface area contributed by atoms with Gasteiger partial charge in [0.1, 0.15) is 0 Å². The van der Waals surface area contributed by atoms with Crippen molar-refractivity contribution in [3.05, 3.63) is 24.3 Å². The van der Waals surface area contributed by atoms with Crippen LogP contribution in [0.15, 0.2) is 29.2 Å². The third-order valence-electron chi connectivity index (χ3n) is 4.61. The molecule has 1 aromatic carbocycles. The van der Waals surface area contributed by atoms with Crippen LogP contribution in [0.4, 0.5) is 5.69 Å². The number of amides is 2. The first kappa shape index (κ1) is 20.7. The number of hydrogen-bond acceptors (Lipinski definition) is 5. The minimum absolute atomic E-state index is 0.0278. The maximum Gasteiger partial charge on any atom is 0.233 e. The fourth-order valence-electron chi connectivity index (χ4n) is 3.13. The van der Waals surface area contributed by atoms with Gasteiger partial charge in [0.2, 0.25) is 11.8 Å². The molecule has 2 rings (SSSR count). The molecule has 0 aliphatic carbocycles. The smallest absolute Gasteiger partial charge is 0.233 e. The van der Waals surface area contributed by atoms with Gasteiger partial charge in [-0.25, -0.2) is 0 Å². The van der Waals surface area contributed by atoms with Crippen LogP contribution >= 0.6 is 11.8 Å². The van der Waals surface area contributed by atoms with Gasteiger partial charge < -0.3 is 20.7 Å². The maximum absolute atomic E-state index is 12.5. The Morgan fingerprint density at radius 1 is 1.27 bits per heavy atom. The van der Waals surface area contributed by atoms with E-state index in [0.29, 0.717) is 13.2 Å². The van der Waals surface area contributed by atoms with E-state index >= 15 is 0 Å². The molecule has 1 unspecified atom stereocenters. The summed E-state index contributed by atoms with van der Waals surface area (Å²) in [6.07, 6.45) is 2.01. The van der Waals surface area contributed by atoms with Gasteiger partial charge in [0.25, 0.3) is 0 Å². The summed E-state index contributed by atoms with van der Waals surface area (Å²) in [7, 11) is 1.72. The Morgan fingerprint density at radius 2 is 1.92 bits per heavy atom. The summed E-state index contributed by atoms with van der Waals surface area (Å²) in [6.45, 7) is 6.63. The second kappa shape index (κ2) is 9.94. The predicted molar refractivity (Wildman–Crippen MR) is 105 cm³/mol. The highest BCUT2D eigenvalue weighted by atomic mass is 32.2. The fourth-order valence-corrected chi connectivity index (χ4v) is 4.02. The molecular formula is C19H29N3O3S. The Labute approximate surface area is 159 Å². The first-order valence-corrected chi connectivity index (χ1v) is 9.84. The summed E-state index contributed by atoms with van der Waals surface area (Å²) in [5.74, 6) is -0.0593. The van der Waals surface area contributed by atoms with Crippen LogP contribution in [0.5, 0.6) is 0 Å². The van der Waals surface area contributed by atoms with Gasteiger partial charge in [0.15, 0.2) is 0 Å². The Hall–Kier alpha value is -1.57. The molecule has 0 saturated carbocycles. The molecule has 0 radical (unpaired) electrons. The SMILES string of the molecule is COCC1(CNC(=O)C(C)Sc2ccc(NC(C)=O)cc2)CCNCC1. The second-order valence-electron chi connectivity index (χ2n) is 6.87. The quantitative estimate of drug-likeness (QED) is 0.604. The minimum Gasteiger partial charge on any atom is -0.384 e. The van der Waals surface area contributed by atoms with Gasteiger partial charge in [-0.3, -0.25) is 9.59 Å². The molecule has 3 N–H and O–H groups in total. The van der Waals surface area contributed by atoms with Gasteiger partial charge in [-0.2, -0.15) is 0 Å². The van der Waals surface area contributed by atoms with Crippen LogP contribution in [-0.4, -0.2) is 50.4 Å². The first-order valence-electron chi connectivity index (χ1n) is 8.96. The van der Waals surface area contributed by atoms with Gasteiger partial charge in [0, 0.05) is 36.6 Å². The maximum atomic E-state index is 12.5. The molecule has 6 nitrogen and oxygen atoms in total. The Bertz CT molecular complexity index is 595. The van der Waals surface area contributed by atoms with Crippen LogP contribution in [0.1, 0.15) is 26.7 Å². The van der Waals surface area contributed by atoms with E-state index in [0.717, 1.165) is 36.5 Å². The van der Waals surface area contributed by atoms with Crippen molar-refractivity contribution >= 4 is 29.3 Å². The lowest BCUT2D eigenvalue weighted by atomic mass is 9.79. The van der Waals surface area contributed by atoms with E-state index in [-0.39, 0.29) is 22.5 Å². The number of benzene rings is 1. The monoisotopic (exact) mass is 379 g/mol. The number of nitrogens with one attached hydrogen (secondary N) is 3. The topological polar surface area (TPSA) is 79.5 Å².